The fourth-order valence-corrected chi connectivity index (χ4v) is 1.30. The number of esters is 1. The predicted octanol–water partition coefficient (Wildman–Crippen LogP) is 0.660. The van der Waals surface area contributed by atoms with Crippen LogP contribution in [0.5, 0.6) is 0 Å². The molecule has 6 nitrogen and oxygen atoms in total. The number of carbonyl (C=O) groups is 2. The Morgan fingerprint density at radius 2 is 2.12 bits per heavy atom. The molecule has 0 saturated carbocycles. The first-order valence-electron chi connectivity index (χ1n) is 5.21. The summed E-state index contributed by atoms with van der Waals surface area (Å²) < 4.78 is 4.84. The predicted molar refractivity (Wildman–Crippen MR) is 63.1 cm³/mol. The number of aromatic nitrogens is 1. The number of nitrogens with zero attached hydrogens (tertiary/aromatic N) is 1. The maximum Gasteiger partial charge on any atom is 0.339 e. The number of anilines is 1. The van der Waals surface area contributed by atoms with E-state index >= 15 is 0 Å². The fraction of sp³-hybridized carbons (Fsp3) is 0.364. The van der Waals surface area contributed by atoms with Crippen molar-refractivity contribution in [3.63, 3.8) is 0 Å². The Balaban J connectivity index is 3.13. The topological polar surface area (TPSA) is 80.3 Å². The number of nitrogens with one attached hydrogen (secondary N) is 2. The number of hydrogen-bond donors (Lipinski definition) is 2. The van der Waals surface area contributed by atoms with E-state index in [4.69, 9.17) is 4.74 Å². The normalized spacial score (nSPS) is 9.59. The summed E-state index contributed by atoms with van der Waals surface area (Å²) in [5.41, 5.74) is 0.560. The number of amides is 1. The molecule has 0 aliphatic carbocycles. The van der Waals surface area contributed by atoms with E-state index < -0.39 is 5.97 Å². The summed E-state index contributed by atoms with van der Waals surface area (Å²) in [5, 5.41) is 5.27. The lowest BCUT2D eigenvalue weighted by atomic mass is 10.1. The molecule has 1 rings (SSSR count). The van der Waals surface area contributed by atoms with Gasteiger partial charge in [-0.05, 0) is 13.0 Å². The molecule has 6 heteroatoms. The first-order chi connectivity index (χ1) is 8.13. The summed E-state index contributed by atoms with van der Waals surface area (Å²) in [7, 11) is 3.16. The quantitative estimate of drug-likeness (QED) is 0.752. The van der Waals surface area contributed by atoms with Crippen molar-refractivity contribution in [1.29, 1.82) is 0 Å². The molecule has 0 atom stereocenters. The van der Waals surface area contributed by atoms with Crippen molar-refractivity contribution in [2.24, 2.45) is 0 Å². The summed E-state index contributed by atoms with van der Waals surface area (Å²) in [4.78, 5) is 27.1. The van der Waals surface area contributed by atoms with Crippen LogP contribution in [0.3, 0.4) is 0 Å². The van der Waals surface area contributed by atoms with Gasteiger partial charge in [-0.25, -0.2) is 9.78 Å². The van der Waals surface area contributed by atoms with Gasteiger partial charge in [0.15, 0.2) is 0 Å². The molecule has 17 heavy (non-hydrogen) atoms. The van der Waals surface area contributed by atoms with Crippen molar-refractivity contribution < 1.29 is 14.3 Å². The third kappa shape index (κ3) is 2.93. The zero-order chi connectivity index (χ0) is 12.8. The molecule has 0 bridgehead atoms. The summed E-state index contributed by atoms with van der Waals surface area (Å²) in [6, 6.07) is 1.45. The number of carbonyl (C=O) groups excluding carboxylic acids is 2. The molecule has 0 aliphatic heterocycles. The lowest BCUT2D eigenvalue weighted by Gasteiger charge is -2.08. The fourth-order valence-electron chi connectivity index (χ4n) is 1.30. The smallest absolute Gasteiger partial charge is 0.339 e. The van der Waals surface area contributed by atoms with Crippen molar-refractivity contribution in [2.75, 3.05) is 26.0 Å². The Morgan fingerprint density at radius 3 is 2.65 bits per heavy atom. The Labute approximate surface area is 99.4 Å². The van der Waals surface area contributed by atoms with Crippen LogP contribution < -0.4 is 10.6 Å². The van der Waals surface area contributed by atoms with Crippen molar-refractivity contribution in [3.05, 3.63) is 23.4 Å². The average Bonchev–Trinajstić information content (AvgIpc) is 2.37. The van der Waals surface area contributed by atoms with Crippen LogP contribution in [0, 0.1) is 0 Å². The van der Waals surface area contributed by atoms with E-state index in [1.54, 1.807) is 14.0 Å². The van der Waals surface area contributed by atoms with Gasteiger partial charge in [0.25, 0.3) is 5.91 Å². The Kier molecular flexibility index (Phi) is 4.45. The molecular formula is C11H15N3O3. The van der Waals surface area contributed by atoms with Crippen molar-refractivity contribution in [3.8, 4) is 0 Å². The zero-order valence-electron chi connectivity index (χ0n) is 10.0. The van der Waals surface area contributed by atoms with Gasteiger partial charge in [0, 0.05) is 20.3 Å². The highest BCUT2D eigenvalue weighted by Gasteiger charge is 2.15. The molecule has 92 valence electrons. The lowest BCUT2D eigenvalue weighted by Crippen LogP contribution is -2.20. The largest absolute Gasteiger partial charge is 0.462 e. The SMILES string of the molecule is CCOC(=O)c1cnc(NC)c(C(=O)NC)c1. The highest BCUT2D eigenvalue weighted by Crippen LogP contribution is 2.14. The van der Waals surface area contributed by atoms with Gasteiger partial charge in [-0.15, -0.1) is 0 Å². The Morgan fingerprint density at radius 1 is 1.41 bits per heavy atom. The van der Waals surface area contributed by atoms with Crippen LogP contribution in [-0.2, 0) is 4.74 Å². The number of pyridine rings is 1. The molecule has 0 aliphatic rings. The van der Waals surface area contributed by atoms with E-state index in [2.05, 4.69) is 15.6 Å². The van der Waals surface area contributed by atoms with Crippen LogP contribution in [-0.4, -0.2) is 37.6 Å². The zero-order valence-corrected chi connectivity index (χ0v) is 10.0. The summed E-state index contributed by atoms with van der Waals surface area (Å²) >= 11 is 0. The third-order valence-electron chi connectivity index (χ3n) is 2.11. The first kappa shape index (κ1) is 13.0. The molecule has 0 unspecified atom stereocenters. The minimum atomic E-state index is -0.493. The molecule has 0 aromatic carbocycles. The van der Waals surface area contributed by atoms with E-state index in [0.29, 0.717) is 11.4 Å². The number of ether oxygens (including phenoxy) is 1. The highest BCUT2D eigenvalue weighted by atomic mass is 16.5. The Bertz CT molecular complexity index is 432. The van der Waals surface area contributed by atoms with E-state index in [1.807, 2.05) is 0 Å². The molecule has 2 N–H and O–H groups in total. The monoisotopic (exact) mass is 237 g/mol. The van der Waals surface area contributed by atoms with Crippen LogP contribution in [0.1, 0.15) is 27.6 Å². The van der Waals surface area contributed by atoms with Crippen molar-refractivity contribution >= 4 is 17.7 Å². The molecule has 1 aromatic heterocycles. The average molecular weight is 237 g/mol. The molecule has 0 fully saturated rings. The molecule has 1 aromatic rings. The Hall–Kier alpha value is -2.11. The lowest BCUT2D eigenvalue weighted by molar-refractivity contribution is 0.0526. The van der Waals surface area contributed by atoms with Gasteiger partial charge in [-0.2, -0.15) is 0 Å². The van der Waals surface area contributed by atoms with E-state index in [1.165, 1.54) is 19.3 Å². The maximum absolute atomic E-state index is 11.6. The van der Waals surface area contributed by atoms with Crippen LogP contribution in [0.4, 0.5) is 5.82 Å². The van der Waals surface area contributed by atoms with E-state index in [-0.39, 0.29) is 18.1 Å². The van der Waals surface area contributed by atoms with Gasteiger partial charge in [0.2, 0.25) is 0 Å². The maximum atomic E-state index is 11.6. The standard InChI is InChI=1S/C11H15N3O3/c1-4-17-11(16)7-5-8(10(15)13-3)9(12-2)14-6-7/h5-6H,4H2,1-3H3,(H,12,14)(H,13,15). The third-order valence-corrected chi connectivity index (χ3v) is 2.11. The number of rotatable bonds is 4. The van der Waals surface area contributed by atoms with Crippen LogP contribution in [0.15, 0.2) is 12.3 Å². The second kappa shape index (κ2) is 5.83. The van der Waals surface area contributed by atoms with E-state index in [0.717, 1.165) is 0 Å². The summed E-state index contributed by atoms with van der Waals surface area (Å²) in [6.07, 6.45) is 1.37. The van der Waals surface area contributed by atoms with Crippen molar-refractivity contribution in [2.45, 2.75) is 6.92 Å². The summed E-state index contributed by atoms with van der Waals surface area (Å²) in [5.74, 6) is -0.391. The molecule has 1 heterocycles. The minimum absolute atomic E-state index is 0.254. The summed E-state index contributed by atoms with van der Waals surface area (Å²) in [6.45, 7) is 1.99. The molecule has 0 saturated heterocycles. The highest BCUT2D eigenvalue weighted by molar-refractivity contribution is 6.01. The molecular weight excluding hydrogens is 222 g/mol. The van der Waals surface area contributed by atoms with Gasteiger partial charge in [-0.3, -0.25) is 4.79 Å². The van der Waals surface area contributed by atoms with Gasteiger partial charge in [-0.1, -0.05) is 0 Å². The second-order valence-corrected chi connectivity index (χ2v) is 3.17. The second-order valence-electron chi connectivity index (χ2n) is 3.17. The van der Waals surface area contributed by atoms with Crippen LogP contribution in [0.2, 0.25) is 0 Å². The molecule has 1 amide bonds. The van der Waals surface area contributed by atoms with Gasteiger partial charge >= 0.3 is 5.97 Å². The minimum Gasteiger partial charge on any atom is -0.462 e. The van der Waals surface area contributed by atoms with Crippen molar-refractivity contribution in [1.82, 2.24) is 10.3 Å². The van der Waals surface area contributed by atoms with Crippen LogP contribution in [0.25, 0.3) is 0 Å². The first-order valence-corrected chi connectivity index (χ1v) is 5.21. The van der Waals surface area contributed by atoms with Gasteiger partial charge in [0.1, 0.15) is 5.82 Å². The van der Waals surface area contributed by atoms with Crippen LogP contribution >= 0.6 is 0 Å². The van der Waals surface area contributed by atoms with Gasteiger partial charge in [0.05, 0.1) is 17.7 Å². The molecule has 0 spiro atoms. The molecule has 0 radical (unpaired) electrons. The number of hydrogen-bond acceptors (Lipinski definition) is 5. The van der Waals surface area contributed by atoms with Gasteiger partial charge < -0.3 is 15.4 Å². The van der Waals surface area contributed by atoms with E-state index in [9.17, 15) is 9.59 Å².